The van der Waals surface area contributed by atoms with Crippen LogP contribution in [0, 0.1) is 23.7 Å². The monoisotopic (exact) mass is 497 g/mol. The Labute approximate surface area is 205 Å². The maximum atomic E-state index is 12.8. The summed E-state index contributed by atoms with van der Waals surface area (Å²) in [5, 5.41) is 10.3. The van der Waals surface area contributed by atoms with E-state index in [1.54, 1.807) is 0 Å². The number of alkyl halides is 3. The van der Waals surface area contributed by atoms with Gasteiger partial charge in [-0.3, -0.25) is 9.69 Å². The highest BCUT2D eigenvalue weighted by Gasteiger charge is 2.68. The van der Waals surface area contributed by atoms with E-state index in [0.717, 1.165) is 30.4 Å². The number of halogens is 3. The molecule has 196 valence electrons. The molecule has 1 amide bonds. The van der Waals surface area contributed by atoms with E-state index in [2.05, 4.69) is 74.9 Å². The van der Waals surface area contributed by atoms with Gasteiger partial charge in [0.25, 0.3) is 0 Å². The summed E-state index contributed by atoms with van der Waals surface area (Å²) in [4.78, 5) is 26.9. The standard InChI is InChI=1S/C24H37N3O.C2HF3O2/c1-16-14-18(26-13-11-19(15-26)27-12-7-8-17(27)2)9-10-20(16)25-22(28)21-23(3,4)24(21,5)6;3-2(4,5)1(6)7/h9-10,14,17,19,21H,7-8,11-13,15H2,1-6H3,(H,25,28);(H,6,7). The van der Waals surface area contributed by atoms with Crippen LogP contribution in [0.15, 0.2) is 18.2 Å². The van der Waals surface area contributed by atoms with E-state index in [4.69, 9.17) is 9.90 Å². The van der Waals surface area contributed by atoms with Crippen molar-refractivity contribution in [3.05, 3.63) is 23.8 Å². The van der Waals surface area contributed by atoms with Crippen LogP contribution >= 0.6 is 0 Å². The third kappa shape index (κ3) is 5.60. The highest BCUT2D eigenvalue weighted by molar-refractivity contribution is 5.96. The van der Waals surface area contributed by atoms with Crippen molar-refractivity contribution in [1.29, 1.82) is 0 Å². The Morgan fingerprint density at radius 2 is 1.69 bits per heavy atom. The summed E-state index contributed by atoms with van der Waals surface area (Å²) in [5.74, 6) is -2.51. The molecule has 2 heterocycles. The first-order valence-corrected chi connectivity index (χ1v) is 12.3. The number of nitrogens with one attached hydrogen (secondary N) is 1. The van der Waals surface area contributed by atoms with Crippen LogP contribution in [0.25, 0.3) is 0 Å². The topological polar surface area (TPSA) is 72.9 Å². The average Bonchev–Trinajstić information content (AvgIpc) is 3.20. The Kier molecular flexibility index (Phi) is 7.52. The van der Waals surface area contributed by atoms with Crippen LogP contribution in [0.1, 0.15) is 59.4 Å². The van der Waals surface area contributed by atoms with Crippen LogP contribution in [-0.2, 0) is 9.59 Å². The summed E-state index contributed by atoms with van der Waals surface area (Å²) >= 11 is 0. The number of aryl methyl sites for hydroxylation is 1. The highest BCUT2D eigenvalue weighted by Crippen LogP contribution is 2.68. The Balaban J connectivity index is 0.000000429. The Bertz CT molecular complexity index is 947. The zero-order chi connectivity index (χ0) is 26.3. The van der Waals surface area contributed by atoms with E-state index in [1.807, 2.05) is 0 Å². The predicted molar refractivity (Wildman–Crippen MR) is 131 cm³/mol. The first-order valence-electron chi connectivity index (χ1n) is 12.3. The number of aliphatic carboxylic acids is 1. The molecule has 1 saturated carbocycles. The molecule has 6 nitrogen and oxygen atoms in total. The van der Waals surface area contributed by atoms with Crippen LogP contribution in [0.2, 0.25) is 0 Å². The van der Waals surface area contributed by atoms with Crippen LogP contribution in [-0.4, -0.2) is 59.8 Å². The van der Waals surface area contributed by atoms with E-state index < -0.39 is 12.1 Å². The SMILES string of the molecule is Cc1cc(N2CCC(N3CCCC3C)C2)ccc1NC(=O)C1C(C)(C)C1(C)C.O=C(O)C(F)(F)F. The molecule has 2 N–H and O–H groups in total. The van der Waals surface area contributed by atoms with Gasteiger partial charge in [0.15, 0.2) is 0 Å². The number of hydrogen-bond donors (Lipinski definition) is 2. The number of rotatable bonds is 4. The van der Waals surface area contributed by atoms with Crippen molar-refractivity contribution in [2.24, 2.45) is 16.7 Å². The van der Waals surface area contributed by atoms with Crippen molar-refractivity contribution in [2.75, 3.05) is 29.9 Å². The third-order valence-corrected chi connectivity index (χ3v) is 8.60. The van der Waals surface area contributed by atoms with E-state index in [1.165, 1.54) is 31.5 Å². The molecule has 1 aromatic rings. The molecule has 0 spiro atoms. The lowest BCUT2D eigenvalue weighted by atomic mass is 10.0. The molecule has 0 aromatic heterocycles. The number of carboxylic acid groups (broad SMARTS) is 1. The molecule has 9 heteroatoms. The summed E-state index contributed by atoms with van der Waals surface area (Å²) in [7, 11) is 0. The molecule has 3 fully saturated rings. The number of anilines is 2. The quantitative estimate of drug-likeness (QED) is 0.590. The van der Waals surface area contributed by atoms with Gasteiger partial charge in [-0.15, -0.1) is 0 Å². The summed E-state index contributed by atoms with van der Waals surface area (Å²) in [6, 6.07) is 7.95. The molecule has 0 bridgehead atoms. The molecular weight excluding hydrogens is 459 g/mol. The molecule has 35 heavy (non-hydrogen) atoms. The van der Waals surface area contributed by atoms with Crippen molar-refractivity contribution in [1.82, 2.24) is 4.90 Å². The number of carbonyl (C=O) groups is 2. The van der Waals surface area contributed by atoms with Crippen molar-refractivity contribution >= 4 is 23.3 Å². The first-order chi connectivity index (χ1) is 16.1. The Morgan fingerprint density at radius 1 is 1.09 bits per heavy atom. The zero-order valence-corrected chi connectivity index (χ0v) is 21.5. The number of nitrogens with zero attached hydrogens (tertiary/aromatic N) is 2. The van der Waals surface area contributed by atoms with E-state index in [9.17, 15) is 18.0 Å². The number of amides is 1. The van der Waals surface area contributed by atoms with Gasteiger partial charge < -0.3 is 15.3 Å². The largest absolute Gasteiger partial charge is 0.490 e. The molecule has 1 aromatic carbocycles. The van der Waals surface area contributed by atoms with Crippen molar-refractivity contribution < 1.29 is 27.9 Å². The summed E-state index contributed by atoms with van der Waals surface area (Å²) in [6.45, 7) is 16.8. The van der Waals surface area contributed by atoms with Gasteiger partial charge in [0.1, 0.15) is 0 Å². The number of carboxylic acids is 1. The van der Waals surface area contributed by atoms with Crippen molar-refractivity contribution in [3.63, 3.8) is 0 Å². The number of benzene rings is 1. The van der Waals surface area contributed by atoms with E-state index in [-0.39, 0.29) is 22.7 Å². The van der Waals surface area contributed by atoms with Gasteiger partial charge >= 0.3 is 12.1 Å². The fraction of sp³-hybridized carbons (Fsp3) is 0.692. The first kappa shape index (κ1) is 27.3. The van der Waals surface area contributed by atoms with E-state index >= 15 is 0 Å². The van der Waals surface area contributed by atoms with Gasteiger partial charge in [-0.25, -0.2) is 4.79 Å². The molecule has 0 radical (unpaired) electrons. The Morgan fingerprint density at radius 3 is 2.14 bits per heavy atom. The molecular formula is C26H38F3N3O3. The molecule has 2 saturated heterocycles. The van der Waals surface area contributed by atoms with Crippen LogP contribution < -0.4 is 10.2 Å². The van der Waals surface area contributed by atoms with Gasteiger partial charge in [0.2, 0.25) is 5.91 Å². The smallest absolute Gasteiger partial charge is 0.475 e. The second kappa shape index (κ2) is 9.64. The van der Waals surface area contributed by atoms with Crippen LogP contribution in [0.3, 0.4) is 0 Å². The summed E-state index contributed by atoms with van der Waals surface area (Å²) in [5.41, 5.74) is 3.54. The maximum absolute atomic E-state index is 12.8. The summed E-state index contributed by atoms with van der Waals surface area (Å²) in [6.07, 6.45) is -1.13. The van der Waals surface area contributed by atoms with Gasteiger partial charge in [-0.1, -0.05) is 27.7 Å². The highest BCUT2D eigenvalue weighted by atomic mass is 19.4. The van der Waals surface area contributed by atoms with Crippen LogP contribution in [0.4, 0.5) is 24.5 Å². The normalized spacial score (nSPS) is 25.7. The maximum Gasteiger partial charge on any atom is 0.490 e. The number of hydrogen-bond acceptors (Lipinski definition) is 4. The van der Waals surface area contributed by atoms with Crippen molar-refractivity contribution in [3.8, 4) is 0 Å². The molecule has 2 aliphatic heterocycles. The van der Waals surface area contributed by atoms with Crippen LogP contribution in [0.5, 0.6) is 0 Å². The summed E-state index contributed by atoms with van der Waals surface area (Å²) < 4.78 is 31.7. The number of carbonyl (C=O) groups excluding carboxylic acids is 1. The van der Waals surface area contributed by atoms with Crippen molar-refractivity contribution in [2.45, 2.75) is 79.1 Å². The lowest BCUT2D eigenvalue weighted by Crippen LogP contribution is -2.39. The van der Waals surface area contributed by atoms with Gasteiger partial charge in [-0.2, -0.15) is 13.2 Å². The molecule has 2 unspecified atom stereocenters. The van der Waals surface area contributed by atoms with Gasteiger partial charge in [0.05, 0.1) is 0 Å². The van der Waals surface area contributed by atoms with Gasteiger partial charge in [-0.05, 0) is 74.2 Å². The predicted octanol–water partition coefficient (Wildman–Crippen LogP) is 5.31. The van der Waals surface area contributed by atoms with E-state index in [0.29, 0.717) is 6.04 Å². The second-order valence-corrected chi connectivity index (χ2v) is 11.3. The molecule has 3 aliphatic rings. The lowest BCUT2D eigenvalue weighted by molar-refractivity contribution is -0.192. The number of likely N-dealkylation sites (tertiary alicyclic amines) is 1. The minimum absolute atomic E-state index is 0.0716. The second-order valence-electron chi connectivity index (χ2n) is 11.3. The fourth-order valence-corrected chi connectivity index (χ4v) is 5.79. The minimum Gasteiger partial charge on any atom is -0.475 e. The molecule has 1 aliphatic carbocycles. The molecule has 2 atom stereocenters. The molecule has 4 rings (SSSR count). The third-order valence-electron chi connectivity index (χ3n) is 8.60. The fourth-order valence-electron chi connectivity index (χ4n) is 5.79. The zero-order valence-electron chi connectivity index (χ0n) is 21.5. The minimum atomic E-state index is -5.08. The van der Waals surface area contributed by atoms with Gasteiger partial charge in [0, 0.05) is 42.5 Å². The average molecular weight is 498 g/mol. The lowest BCUT2D eigenvalue weighted by Gasteiger charge is -2.28. The Hall–Kier alpha value is -2.29.